The number of hydrogen-bond acceptors (Lipinski definition) is 0. The van der Waals surface area contributed by atoms with Gasteiger partial charge in [0.05, 0.1) is 0 Å². The van der Waals surface area contributed by atoms with E-state index in [4.69, 9.17) is 11.6 Å². The molecule has 0 N–H and O–H groups in total. The van der Waals surface area contributed by atoms with Crippen LogP contribution < -0.4 is 0 Å². The number of hydrogen-bond donors (Lipinski definition) is 0. The second kappa shape index (κ2) is 5.76. The molecular weight excluding hydrogens is 272 g/mol. The van der Waals surface area contributed by atoms with Crippen LogP contribution in [0.5, 0.6) is 0 Å². The standard InChI is InChI=1S/C15H25ClSi2/c1-17(2,3)15(18(4,5)6)12-9-13-7-10-14(16)11-8-13/h7-12,15H,1-6H3/b12-9+. The van der Waals surface area contributed by atoms with E-state index in [0.717, 1.165) is 10.2 Å². The molecule has 1 rings (SSSR count). The molecule has 0 spiro atoms. The number of rotatable bonds is 4. The van der Waals surface area contributed by atoms with Crippen LogP contribution in [0.2, 0.25) is 49.5 Å². The van der Waals surface area contributed by atoms with Crippen LogP contribution in [0.25, 0.3) is 6.08 Å². The molecule has 0 heterocycles. The van der Waals surface area contributed by atoms with Crippen LogP contribution in [0.1, 0.15) is 5.56 Å². The second-order valence-electron chi connectivity index (χ2n) is 7.12. The maximum atomic E-state index is 5.91. The van der Waals surface area contributed by atoms with E-state index < -0.39 is 16.1 Å². The van der Waals surface area contributed by atoms with Gasteiger partial charge in [-0.25, -0.2) is 0 Å². The summed E-state index contributed by atoms with van der Waals surface area (Å²) in [6, 6.07) is 8.09. The lowest BCUT2D eigenvalue weighted by atomic mass is 10.2. The van der Waals surface area contributed by atoms with Crippen LogP contribution in [0.4, 0.5) is 0 Å². The van der Waals surface area contributed by atoms with Crippen molar-refractivity contribution in [3.05, 3.63) is 40.9 Å². The summed E-state index contributed by atoms with van der Waals surface area (Å²) in [5.41, 5.74) is 1.25. The van der Waals surface area contributed by atoms with Gasteiger partial charge < -0.3 is 0 Å². The van der Waals surface area contributed by atoms with Crippen molar-refractivity contribution in [2.24, 2.45) is 0 Å². The predicted octanol–water partition coefficient (Wildman–Crippen LogP) is 5.94. The van der Waals surface area contributed by atoms with Gasteiger partial charge in [-0.3, -0.25) is 0 Å². The first-order chi connectivity index (χ1) is 8.10. The molecule has 0 bridgehead atoms. The molecule has 1 aromatic carbocycles. The highest BCUT2D eigenvalue weighted by atomic mass is 35.5. The van der Waals surface area contributed by atoms with Crippen molar-refractivity contribution in [3.8, 4) is 0 Å². The van der Waals surface area contributed by atoms with Gasteiger partial charge >= 0.3 is 0 Å². The van der Waals surface area contributed by atoms with Crippen LogP contribution in [-0.2, 0) is 0 Å². The fourth-order valence-electron chi connectivity index (χ4n) is 2.66. The third-order valence-electron chi connectivity index (χ3n) is 3.22. The van der Waals surface area contributed by atoms with Crippen LogP contribution in [0.3, 0.4) is 0 Å². The highest BCUT2D eigenvalue weighted by Gasteiger charge is 2.35. The first-order valence-electron chi connectivity index (χ1n) is 6.54. The molecule has 0 nitrogen and oxygen atoms in total. The molecule has 0 aliphatic carbocycles. The largest absolute Gasteiger partial charge is 0.0861 e. The summed E-state index contributed by atoms with van der Waals surface area (Å²) in [4.78, 5) is 0. The summed E-state index contributed by atoms with van der Waals surface area (Å²) in [5, 5.41) is 1.61. The first-order valence-corrected chi connectivity index (χ1v) is 14.1. The van der Waals surface area contributed by atoms with Gasteiger partial charge in [-0.05, 0) is 22.9 Å². The summed E-state index contributed by atoms with van der Waals surface area (Å²) < 4.78 is 0. The zero-order valence-electron chi connectivity index (χ0n) is 12.4. The van der Waals surface area contributed by atoms with Gasteiger partial charge in [0.1, 0.15) is 0 Å². The lowest BCUT2D eigenvalue weighted by Gasteiger charge is -2.36. The molecule has 0 radical (unpaired) electrons. The number of allylic oxidation sites excluding steroid dienone is 1. The van der Waals surface area contributed by atoms with Crippen molar-refractivity contribution in [3.63, 3.8) is 0 Å². The lowest BCUT2D eigenvalue weighted by Crippen LogP contribution is -2.42. The Morgan fingerprint density at radius 1 is 0.889 bits per heavy atom. The molecule has 0 aromatic heterocycles. The molecule has 0 saturated carbocycles. The van der Waals surface area contributed by atoms with E-state index in [-0.39, 0.29) is 0 Å². The van der Waals surface area contributed by atoms with Gasteiger partial charge in [0.25, 0.3) is 0 Å². The number of halogens is 1. The predicted molar refractivity (Wildman–Crippen MR) is 90.9 cm³/mol. The molecule has 0 amide bonds. The van der Waals surface area contributed by atoms with Crippen LogP contribution >= 0.6 is 11.6 Å². The summed E-state index contributed by atoms with van der Waals surface area (Å²) in [6.45, 7) is 14.8. The zero-order valence-corrected chi connectivity index (χ0v) is 15.2. The monoisotopic (exact) mass is 296 g/mol. The maximum Gasteiger partial charge on any atom is 0.0485 e. The quantitative estimate of drug-likeness (QED) is 0.603. The topological polar surface area (TPSA) is 0 Å². The smallest absolute Gasteiger partial charge is 0.0485 e. The molecule has 0 aliphatic heterocycles. The summed E-state index contributed by atoms with van der Waals surface area (Å²) >= 11 is 5.91. The van der Waals surface area contributed by atoms with E-state index in [2.05, 4.69) is 63.6 Å². The Bertz CT molecular complexity index is 394. The van der Waals surface area contributed by atoms with Gasteiger partial charge in [0.15, 0.2) is 0 Å². The average molecular weight is 297 g/mol. The fourth-order valence-corrected chi connectivity index (χ4v) is 14.5. The van der Waals surface area contributed by atoms with Crippen LogP contribution in [-0.4, -0.2) is 16.1 Å². The van der Waals surface area contributed by atoms with Crippen molar-refractivity contribution in [2.75, 3.05) is 0 Å². The van der Waals surface area contributed by atoms with E-state index >= 15 is 0 Å². The van der Waals surface area contributed by atoms with E-state index in [0.29, 0.717) is 0 Å². The van der Waals surface area contributed by atoms with Gasteiger partial charge in [-0.2, -0.15) is 0 Å². The molecule has 3 heteroatoms. The minimum Gasteiger partial charge on any atom is -0.0861 e. The van der Waals surface area contributed by atoms with Crippen LogP contribution in [0, 0.1) is 0 Å². The van der Waals surface area contributed by atoms with Gasteiger partial charge in [-0.1, -0.05) is 75.2 Å². The summed E-state index contributed by atoms with van der Waals surface area (Å²) in [7, 11) is -2.28. The summed E-state index contributed by atoms with van der Waals surface area (Å²) in [6.07, 6.45) is 4.74. The highest BCUT2D eigenvalue weighted by Crippen LogP contribution is 2.33. The zero-order chi connectivity index (χ0) is 14.0. The minimum atomic E-state index is -1.14. The molecule has 0 fully saturated rings. The second-order valence-corrected chi connectivity index (χ2v) is 18.8. The van der Waals surface area contributed by atoms with Crippen molar-refractivity contribution < 1.29 is 0 Å². The Morgan fingerprint density at radius 3 is 1.72 bits per heavy atom. The van der Waals surface area contributed by atoms with Crippen molar-refractivity contribution in [2.45, 2.75) is 44.4 Å². The lowest BCUT2D eigenvalue weighted by molar-refractivity contribution is 1.31. The first kappa shape index (κ1) is 15.7. The molecule has 0 aliphatic rings. The van der Waals surface area contributed by atoms with Crippen molar-refractivity contribution >= 4 is 33.8 Å². The molecule has 0 saturated heterocycles. The van der Waals surface area contributed by atoms with E-state index in [9.17, 15) is 0 Å². The Kier molecular flexibility index (Phi) is 5.04. The minimum absolute atomic E-state index is 0.805. The van der Waals surface area contributed by atoms with Crippen LogP contribution in [0.15, 0.2) is 30.3 Å². The maximum absolute atomic E-state index is 5.91. The fraction of sp³-hybridized carbons (Fsp3) is 0.467. The Morgan fingerprint density at radius 2 is 1.33 bits per heavy atom. The number of benzene rings is 1. The SMILES string of the molecule is C[Si](C)(C)C(/C=C/c1ccc(Cl)cc1)[Si](C)(C)C. The highest BCUT2D eigenvalue weighted by molar-refractivity contribution is 6.97. The molecule has 100 valence electrons. The molecule has 18 heavy (non-hydrogen) atoms. The normalized spacial score (nSPS) is 13.6. The van der Waals surface area contributed by atoms with E-state index in [1.165, 1.54) is 5.56 Å². The summed E-state index contributed by atoms with van der Waals surface area (Å²) in [5.74, 6) is 0. The molecule has 0 atom stereocenters. The van der Waals surface area contributed by atoms with Gasteiger partial charge in [-0.15, -0.1) is 0 Å². The average Bonchev–Trinajstić information content (AvgIpc) is 2.17. The van der Waals surface area contributed by atoms with Gasteiger partial charge in [0.2, 0.25) is 0 Å². The van der Waals surface area contributed by atoms with Crippen molar-refractivity contribution in [1.82, 2.24) is 0 Å². The van der Waals surface area contributed by atoms with E-state index in [1.54, 1.807) is 0 Å². The Hall–Kier alpha value is -0.316. The molecular formula is C15H25ClSi2. The molecule has 1 aromatic rings. The third kappa shape index (κ3) is 4.75. The molecule has 0 unspecified atom stereocenters. The van der Waals surface area contributed by atoms with E-state index in [1.807, 2.05) is 12.1 Å². The van der Waals surface area contributed by atoms with Gasteiger partial charge in [0, 0.05) is 21.2 Å². The Balaban J connectivity index is 2.94. The third-order valence-corrected chi connectivity index (χ3v) is 12.8. The van der Waals surface area contributed by atoms with Crippen molar-refractivity contribution in [1.29, 1.82) is 0 Å². The Labute approximate surface area is 119 Å².